The van der Waals surface area contributed by atoms with Crippen LogP contribution in [0.1, 0.15) is 5.56 Å². The maximum Gasteiger partial charge on any atom is 0.270 e. The second kappa shape index (κ2) is 4.88. The van der Waals surface area contributed by atoms with E-state index in [2.05, 4.69) is 9.97 Å². The molecule has 0 radical (unpaired) electrons. The van der Waals surface area contributed by atoms with E-state index in [0.29, 0.717) is 5.56 Å². The molecular formula is C11H7Cl2N3O2. The van der Waals surface area contributed by atoms with Crippen LogP contribution >= 0.6 is 23.2 Å². The Hall–Kier alpha value is -1.72. The van der Waals surface area contributed by atoms with Crippen molar-refractivity contribution in [3.05, 3.63) is 50.2 Å². The molecule has 5 nitrogen and oxygen atoms in total. The van der Waals surface area contributed by atoms with E-state index in [1.165, 1.54) is 18.2 Å². The van der Waals surface area contributed by atoms with Gasteiger partial charge in [0.2, 0.25) is 0 Å². The van der Waals surface area contributed by atoms with E-state index in [9.17, 15) is 10.1 Å². The monoisotopic (exact) mass is 283 g/mol. The Bertz CT molecular complexity index is 611. The van der Waals surface area contributed by atoms with Gasteiger partial charge in [0, 0.05) is 23.8 Å². The van der Waals surface area contributed by atoms with E-state index in [-0.39, 0.29) is 21.8 Å². The summed E-state index contributed by atoms with van der Waals surface area (Å²) in [7, 11) is 0. The number of halogens is 2. The molecule has 0 atom stereocenters. The summed E-state index contributed by atoms with van der Waals surface area (Å²) in [6.07, 6.45) is 0. The van der Waals surface area contributed by atoms with E-state index in [4.69, 9.17) is 23.2 Å². The number of nitro groups is 1. The van der Waals surface area contributed by atoms with Gasteiger partial charge in [-0.25, -0.2) is 9.97 Å². The van der Waals surface area contributed by atoms with E-state index >= 15 is 0 Å². The maximum atomic E-state index is 10.7. The molecular weight excluding hydrogens is 277 g/mol. The molecule has 0 amide bonds. The lowest BCUT2D eigenvalue weighted by molar-refractivity contribution is -0.384. The number of aromatic nitrogens is 2. The zero-order valence-corrected chi connectivity index (χ0v) is 10.7. The molecule has 0 aliphatic heterocycles. The Morgan fingerprint density at radius 2 is 1.78 bits per heavy atom. The first-order valence-corrected chi connectivity index (χ1v) is 5.68. The second-order valence-electron chi connectivity index (χ2n) is 3.59. The summed E-state index contributed by atoms with van der Waals surface area (Å²) in [6, 6.07) is 5.85. The highest BCUT2D eigenvalue weighted by Crippen LogP contribution is 2.27. The van der Waals surface area contributed by atoms with Crippen molar-refractivity contribution < 1.29 is 4.92 Å². The predicted octanol–water partition coefficient (Wildman–Crippen LogP) is 3.67. The Kier molecular flexibility index (Phi) is 3.45. The van der Waals surface area contributed by atoms with Crippen molar-refractivity contribution >= 4 is 28.9 Å². The van der Waals surface area contributed by atoms with Crippen LogP contribution in [-0.4, -0.2) is 14.9 Å². The van der Waals surface area contributed by atoms with Gasteiger partial charge in [0.1, 0.15) is 10.3 Å². The van der Waals surface area contributed by atoms with Gasteiger partial charge >= 0.3 is 0 Å². The molecule has 92 valence electrons. The zero-order valence-electron chi connectivity index (χ0n) is 9.22. The predicted molar refractivity (Wildman–Crippen MR) is 68.9 cm³/mol. The van der Waals surface area contributed by atoms with Crippen LogP contribution in [0.4, 0.5) is 5.69 Å². The molecule has 0 aliphatic carbocycles. The van der Waals surface area contributed by atoms with Gasteiger partial charge in [-0.05, 0) is 12.5 Å². The first-order chi connectivity index (χ1) is 8.47. The fourth-order valence-corrected chi connectivity index (χ4v) is 1.90. The number of nitrogens with zero attached hydrogens (tertiary/aromatic N) is 3. The quantitative estimate of drug-likeness (QED) is 0.479. The van der Waals surface area contributed by atoms with Crippen LogP contribution in [0.25, 0.3) is 11.4 Å². The normalized spacial score (nSPS) is 10.4. The summed E-state index contributed by atoms with van der Waals surface area (Å²) in [5.41, 5.74) is 1.31. The van der Waals surface area contributed by atoms with Crippen LogP contribution in [0, 0.1) is 17.0 Å². The minimum absolute atomic E-state index is 0.0321. The second-order valence-corrected chi connectivity index (χ2v) is 4.37. The zero-order chi connectivity index (χ0) is 13.3. The van der Waals surface area contributed by atoms with E-state index in [0.717, 1.165) is 5.56 Å². The van der Waals surface area contributed by atoms with E-state index in [1.54, 1.807) is 13.0 Å². The summed E-state index contributed by atoms with van der Waals surface area (Å²) in [6.45, 7) is 1.80. The summed E-state index contributed by atoms with van der Waals surface area (Å²) in [4.78, 5) is 18.3. The van der Waals surface area contributed by atoms with Gasteiger partial charge in [-0.15, -0.1) is 0 Å². The number of hydrogen-bond donors (Lipinski definition) is 0. The lowest BCUT2D eigenvalue weighted by atomic mass is 10.1. The van der Waals surface area contributed by atoms with Crippen LogP contribution in [0.3, 0.4) is 0 Å². The molecule has 0 bridgehead atoms. The van der Waals surface area contributed by atoms with Crippen LogP contribution in [0.2, 0.25) is 10.3 Å². The molecule has 1 aromatic carbocycles. The van der Waals surface area contributed by atoms with Crippen molar-refractivity contribution in [3.63, 3.8) is 0 Å². The third-order valence-corrected chi connectivity index (χ3v) is 2.72. The van der Waals surface area contributed by atoms with Gasteiger partial charge in [-0.2, -0.15) is 0 Å². The topological polar surface area (TPSA) is 68.9 Å². The number of benzene rings is 1. The Labute approximate surface area is 113 Å². The van der Waals surface area contributed by atoms with Crippen molar-refractivity contribution in [2.75, 3.05) is 0 Å². The molecule has 0 unspecified atom stereocenters. The molecule has 7 heteroatoms. The van der Waals surface area contributed by atoms with E-state index < -0.39 is 4.92 Å². The Morgan fingerprint density at radius 1 is 1.17 bits per heavy atom. The van der Waals surface area contributed by atoms with Crippen molar-refractivity contribution in [2.45, 2.75) is 6.92 Å². The summed E-state index contributed by atoms with van der Waals surface area (Å²) >= 11 is 11.6. The molecule has 2 rings (SSSR count). The van der Waals surface area contributed by atoms with Crippen LogP contribution < -0.4 is 0 Å². The van der Waals surface area contributed by atoms with Crippen molar-refractivity contribution in [3.8, 4) is 11.4 Å². The smallest absolute Gasteiger partial charge is 0.258 e. The molecule has 0 saturated carbocycles. The molecule has 0 N–H and O–H groups in total. The first kappa shape index (κ1) is 12.7. The fourth-order valence-electron chi connectivity index (χ4n) is 1.48. The highest BCUT2D eigenvalue weighted by Gasteiger charge is 2.13. The SMILES string of the molecule is Cc1ccc([N+](=O)[O-])cc1-c1nc(Cl)cc(Cl)n1. The summed E-state index contributed by atoms with van der Waals surface area (Å²) in [5.74, 6) is 0.272. The van der Waals surface area contributed by atoms with Crippen LogP contribution in [-0.2, 0) is 0 Å². The third kappa shape index (κ3) is 2.57. The maximum absolute atomic E-state index is 10.7. The van der Waals surface area contributed by atoms with Crippen LogP contribution in [0.15, 0.2) is 24.3 Å². The highest BCUT2D eigenvalue weighted by molar-refractivity contribution is 6.33. The highest BCUT2D eigenvalue weighted by atomic mass is 35.5. The van der Waals surface area contributed by atoms with Crippen molar-refractivity contribution in [1.82, 2.24) is 9.97 Å². The lowest BCUT2D eigenvalue weighted by Crippen LogP contribution is -1.95. The first-order valence-electron chi connectivity index (χ1n) is 4.93. The van der Waals surface area contributed by atoms with Gasteiger partial charge in [-0.1, -0.05) is 29.3 Å². The molecule has 0 aliphatic rings. The van der Waals surface area contributed by atoms with Crippen molar-refractivity contribution in [1.29, 1.82) is 0 Å². The van der Waals surface area contributed by atoms with E-state index in [1.807, 2.05) is 0 Å². The number of aryl methyl sites for hydroxylation is 1. The average molecular weight is 284 g/mol. The molecule has 0 saturated heterocycles. The molecule has 1 aromatic heterocycles. The van der Waals surface area contributed by atoms with Gasteiger partial charge in [0.15, 0.2) is 5.82 Å². The van der Waals surface area contributed by atoms with Gasteiger partial charge in [0.05, 0.1) is 4.92 Å². The lowest BCUT2D eigenvalue weighted by Gasteiger charge is -2.05. The number of non-ortho nitro benzene ring substituents is 1. The largest absolute Gasteiger partial charge is 0.270 e. The summed E-state index contributed by atoms with van der Waals surface area (Å²) in [5, 5.41) is 11.1. The number of hydrogen-bond acceptors (Lipinski definition) is 4. The minimum Gasteiger partial charge on any atom is -0.258 e. The molecule has 1 heterocycles. The average Bonchev–Trinajstić information content (AvgIpc) is 2.27. The number of nitro benzene ring substituents is 1. The molecule has 0 fully saturated rings. The standard InChI is InChI=1S/C11H7Cl2N3O2/c1-6-2-3-7(16(17)18)4-8(6)11-14-9(12)5-10(13)15-11/h2-5H,1H3. The van der Waals surface area contributed by atoms with Gasteiger partial charge in [0.25, 0.3) is 5.69 Å². The molecule has 0 spiro atoms. The van der Waals surface area contributed by atoms with Gasteiger partial charge in [-0.3, -0.25) is 10.1 Å². The molecule has 2 aromatic rings. The van der Waals surface area contributed by atoms with Gasteiger partial charge < -0.3 is 0 Å². The minimum atomic E-state index is -0.477. The fraction of sp³-hybridized carbons (Fsp3) is 0.0909. The summed E-state index contributed by atoms with van der Waals surface area (Å²) < 4.78 is 0. The van der Waals surface area contributed by atoms with Crippen molar-refractivity contribution in [2.24, 2.45) is 0 Å². The Balaban J connectivity index is 2.62. The molecule has 18 heavy (non-hydrogen) atoms. The number of rotatable bonds is 2. The Morgan fingerprint density at radius 3 is 2.33 bits per heavy atom. The van der Waals surface area contributed by atoms with Crippen LogP contribution in [0.5, 0.6) is 0 Å². The third-order valence-electron chi connectivity index (χ3n) is 2.34.